The van der Waals surface area contributed by atoms with Gasteiger partial charge in [0, 0.05) is 0 Å². The molecule has 0 fully saturated rings. The molecule has 4 heteroatoms. The van der Waals surface area contributed by atoms with Gasteiger partial charge in [0.2, 0.25) is 5.91 Å². The molecule has 0 aliphatic heterocycles. The quantitative estimate of drug-likeness (QED) is 0.741. The van der Waals surface area contributed by atoms with E-state index >= 15 is 0 Å². The van der Waals surface area contributed by atoms with Crippen molar-refractivity contribution in [2.24, 2.45) is 5.41 Å². The van der Waals surface area contributed by atoms with Crippen LogP contribution < -0.4 is 10.6 Å². The van der Waals surface area contributed by atoms with Gasteiger partial charge in [-0.1, -0.05) is 27.7 Å². The molecule has 0 aromatic carbocycles. The van der Waals surface area contributed by atoms with Gasteiger partial charge in [-0.25, -0.2) is 0 Å². The Hall–Kier alpha value is -0.900. The lowest BCUT2D eigenvalue weighted by atomic mass is 9.84. The normalized spacial score (nSPS) is 15.4. The minimum Gasteiger partial charge on any atom is -0.344 e. The van der Waals surface area contributed by atoms with Crippen LogP contribution >= 0.6 is 0 Å². The van der Waals surface area contributed by atoms with E-state index in [0.29, 0.717) is 6.42 Å². The standard InChI is InChI=1S/C12H24N2O2/c1-7-9(13-6)11(16)14-10(8(2)15)12(3,4)5/h9-10,13H,7H2,1-6H3,(H,14,16)/t9-,10?/m1/s1. The molecular weight excluding hydrogens is 204 g/mol. The molecule has 16 heavy (non-hydrogen) atoms. The van der Waals surface area contributed by atoms with Crippen LogP contribution in [0.2, 0.25) is 0 Å². The summed E-state index contributed by atoms with van der Waals surface area (Å²) in [5.74, 6) is -0.119. The van der Waals surface area contributed by atoms with Crippen molar-refractivity contribution in [3.63, 3.8) is 0 Å². The highest BCUT2D eigenvalue weighted by Crippen LogP contribution is 2.20. The highest BCUT2D eigenvalue weighted by atomic mass is 16.2. The van der Waals surface area contributed by atoms with Crippen LogP contribution in [0, 0.1) is 5.41 Å². The molecule has 0 spiro atoms. The summed E-state index contributed by atoms with van der Waals surface area (Å²) in [6.07, 6.45) is 0.705. The predicted octanol–water partition coefficient (Wildman–Crippen LogP) is 1.10. The first-order chi connectivity index (χ1) is 7.23. The van der Waals surface area contributed by atoms with Crippen LogP contribution in [0.4, 0.5) is 0 Å². The second-order valence-corrected chi connectivity index (χ2v) is 5.17. The van der Waals surface area contributed by atoms with Crippen molar-refractivity contribution >= 4 is 11.7 Å². The molecule has 0 aromatic rings. The van der Waals surface area contributed by atoms with Crippen LogP contribution in [0.1, 0.15) is 41.0 Å². The van der Waals surface area contributed by atoms with Crippen molar-refractivity contribution in [3.8, 4) is 0 Å². The predicted molar refractivity (Wildman–Crippen MR) is 65.2 cm³/mol. The van der Waals surface area contributed by atoms with Gasteiger partial charge in [0.05, 0.1) is 12.1 Å². The molecule has 2 atom stereocenters. The fourth-order valence-electron chi connectivity index (χ4n) is 1.69. The second kappa shape index (κ2) is 5.99. The molecule has 4 nitrogen and oxygen atoms in total. The molecule has 0 aliphatic rings. The minimum absolute atomic E-state index is 0.00759. The first-order valence-electron chi connectivity index (χ1n) is 5.72. The van der Waals surface area contributed by atoms with Gasteiger partial charge >= 0.3 is 0 Å². The van der Waals surface area contributed by atoms with Gasteiger partial charge in [-0.15, -0.1) is 0 Å². The Kier molecular flexibility index (Phi) is 5.65. The topological polar surface area (TPSA) is 58.2 Å². The summed E-state index contributed by atoms with van der Waals surface area (Å²) in [7, 11) is 1.74. The average Bonchev–Trinajstić information content (AvgIpc) is 2.13. The number of nitrogens with one attached hydrogen (secondary N) is 2. The summed E-state index contributed by atoms with van der Waals surface area (Å²) in [5.41, 5.74) is -0.256. The van der Waals surface area contributed by atoms with E-state index in [2.05, 4.69) is 10.6 Å². The van der Waals surface area contributed by atoms with Crippen LogP contribution in [0.15, 0.2) is 0 Å². The van der Waals surface area contributed by atoms with Crippen LogP contribution in [0.5, 0.6) is 0 Å². The number of carbonyl (C=O) groups is 2. The Balaban J connectivity index is 4.65. The lowest BCUT2D eigenvalue weighted by molar-refractivity contribution is -0.130. The smallest absolute Gasteiger partial charge is 0.237 e. The lowest BCUT2D eigenvalue weighted by Gasteiger charge is -2.30. The van der Waals surface area contributed by atoms with E-state index < -0.39 is 6.04 Å². The summed E-state index contributed by atoms with van der Waals surface area (Å²) in [6.45, 7) is 9.27. The van der Waals surface area contributed by atoms with Gasteiger partial charge < -0.3 is 10.6 Å². The summed E-state index contributed by atoms with van der Waals surface area (Å²) >= 11 is 0. The number of carbonyl (C=O) groups excluding carboxylic acids is 2. The van der Waals surface area contributed by atoms with Crippen molar-refractivity contribution in [1.29, 1.82) is 0 Å². The van der Waals surface area contributed by atoms with Crippen LogP contribution in [0.25, 0.3) is 0 Å². The molecule has 0 aliphatic carbocycles. The maximum absolute atomic E-state index is 11.8. The Labute approximate surface area is 98.2 Å². The zero-order chi connectivity index (χ0) is 12.9. The zero-order valence-electron chi connectivity index (χ0n) is 11.2. The van der Waals surface area contributed by atoms with Crippen molar-refractivity contribution in [2.75, 3.05) is 7.05 Å². The third kappa shape index (κ3) is 4.31. The van der Waals surface area contributed by atoms with Gasteiger partial charge in [-0.3, -0.25) is 9.59 Å². The molecule has 0 saturated carbocycles. The maximum Gasteiger partial charge on any atom is 0.237 e. The number of amides is 1. The van der Waals surface area contributed by atoms with E-state index in [1.165, 1.54) is 6.92 Å². The van der Waals surface area contributed by atoms with Crippen molar-refractivity contribution in [3.05, 3.63) is 0 Å². The Morgan fingerprint density at radius 1 is 1.25 bits per heavy atom. The molecule has 0 saturated heterocycles. The summed E-state index contributed by atoms with van der Waals surface area (Å²) < 4.78 is 0. The van der Waals surface area contributed by atoms with Crippen LogP contribution in [0.3, 0.4) is 0 Å². The number of hydrogen-bond donors (Lipinski definition) is 2. The third-order valence-electron chi connectivity index (χ3n) is 2.63. The van der Waals surface area contributed by atoms with E-state index in [-0.39, 0.29) is 23.1 Å². The second-order valence-electron chi connectivity index (χ2n) is 5.17. The first-order valence-corrected chi connectivity index (χ1v) is 5.72. The largest absolute Gasteiger partial charge is 0.344 e. The zero-order valence-corrected chi connectivity index (χ0v) is 11.2. The molecule has 2 N–H and O–H groups in total. The molecule has 1 unspecified atom stereocenters. The molecule has 0 heterocycles. The Morgan fingerprint density at radius 2 is 1.75 bits per heavy atom. The molecule has 0 radical (unpaired) electrons. The van der Waals surface area contributed by atoms with Gasteiger partial charge in [0.15, 0.2) is 5.78 Å². The molecular formula is C12H24N2O2. The van der Waals surface area contributed by atoms with Gasteiger partial charge in [0.25, 0.3) is 0 Å². The first kappa shape index (κ1) is 15.1. The van der Waals surface area contributed by atoms with Gasteiger partial charge in [-0.2, -0.15) is 0 Å². The van der Waals surface area contributed by atoms with Crippen LogP contribution in [-0.4, -0.2) is 30.8 Å². The Bertz CT molecular complexity index is 252. The van der Waals surface area contributed by atoms with E-state index in [1.807, 2.05) is 27.7 Å². The molecule has 94 valence electrons. The van der Waals surface area contributed by atoms with E-state index in [1.54, 1.807) is 7.05 Å². The molecule has 1 amide bonds. The van der Waals surface area contributed by atoms with E-state index in [9.17, 15) is 9.59 Å². The Morgan fingerprint density at radius 3 is 2.00 bits per heavy atom. The SMILES string of the molecule is CC[C@@H](NC)C(=O)NC(C(C)=O)C(C)(C)C. The van der Waals surface area contributed by atoms with Crippen LogP contribution in [-0.2, 0) is 9.59 Å². The number of Topliss-reactive ketones (excluding diaryl/α,β-unsaturated/α-hetero) is 1. The van der Waals surface area contributed by atoms with Gasteiger partial charge in [0.1, 0.15) is 0 Å². The monoisotopic (exact) mass is 228 g/mol. The van der Waals surface area contributed by atoms with Crippen molar-refractivity contribution in [2.45, 2.75) is 53.1 Å². The number of rotatable bonds is 5. The van der Waals surface area contributed by atoms with E-state index in [0.717, 1.165) is 0 Å². The van der Waals surface area contributed by atoms with Gasteiger partial charge in [-0.05, 0) is 25.8 Å². The average molecular weight is 228 g/mol. The number of hydrogen-bond acceptors (Lipinski definition) is 3. The number of likely N-dealkylation sites (N-methyl/N-ethyl adjacent to an activating group) is 1. The highest BCUT2D eigenvalue weighted by molar-refractivity contribution is 5.90. The van der Waals surface area contributed by atoms with Crippen molar-refractivity contribution < 1.29 is 9.59 Å². The fraction of sp³-hybridized carbons (Fsp3) is 0.833. The molecule has 0 bridgehead atoms. The fourth-order valence-corrected chi connectivity index (χ4v) is 1.69. The number of ketones is 1. The third-order valence-corrected chi connectivity index (χ3v) is 2.63. The molecule has 0 aromatic heterocycles. The van der Waals surface area contributed by atoms with E-state index in [4.69, 9.17) is 0 Å². The summed E-state index contributed by atoms with van der Waals surface area (Å²) in [5, 5.41) is 5.73. The van der Waals surface area contributed by atoms with Crippen molar-refractivity contribution in [1.82, 2.24) is 10.6 Å². The minimum atomic E-state index is -0.428. The highest BCUT2D eigenvalue weighted by Gasteiger charge is 2.31. The summed E-state index contributed by atoms with van der Waals surface area (Å²) in [6, 6.07) is -0.661. The molecule has 0 rings (SSSR count). The maximum atomic E-state index is 11.8. The summed E-state index contributed by atoms with van der Waals surface area (Å²) in [4.78, 5) is 23.3. The lowest BCUT2D eigenvalue weighted by Crippen LogP contribution is -2.53.